The van der Waals surface area contributed by atoms with Crippen molar-refractivity contribution in [3.63, 3.8) is 0 Å². The molecule has 0 unspecified atom stereocenters. The van der Waals surface area contributed by atoms with Crippen molar-refractivity contribution in [3.05, 3.63) is 69.5 Å². The Hall–Kier alpha value is -4.72. The number of ether oxygens (including phenoxy) is 2. The molecule has 11 nitrogen and oxygen atoms in total. The summed E-state index contributed by atoms with van der Waals surface area (Å²) in [5.74, 6) is 1.44. The highest BCUT2D eigenvalue weighted by Gasteiger charge is 2.12. The van der Waals surface area contributed by atoms with E-state index in [1.807, 2.05) is 0 Å². The summed E-state index contributed by atoms with van der Waals surface area (Å²) in [5.41, 5.74) is 7.40. The monoisotopic (exact) mass is 447 g/mol. The highest BCUT2D eigenvalue weighted by Crippen LogP contribution is 2.30. The molecule has 0 radical (unpaired) electrons. The zero-order valence-corrected chi connectivity index (χ0v) is 18.2. The normalized spacial score (nSPS) is 10.9. The van der Waals surface area contributed by atoms with Crippen LogP contribution in [-0.4, -0.2) is 41.1 Å². The molecular formula is C22H21N7O4. The third-order valence-electron chi connectivity index (χ3n) is 4.44. The van der Waals surface area contributed by atoms with E-state index in [0.29, 0.717) is 23.0 Å². The van der Waals surface area contributed by atoms with E-state index < -0.39 is 4.92 Å². The number of benzene rings is 2. The number of nitrogen functional groups attached to an aromatic ring is 1. The number of non-ortho nitro benzene ring substituents is 1. The molecule has 1 heterocycles. The first-order valence-electron chi connectivity index (χ1n) is 9.66. The summed E-state index contributed by atoms with van der Waals surface area (Å²) in [6.45, 7) is 0.199. The van der Waals surface area contributed by atoms with Crippen LogP contribution in [0, 0.1) is 21.4 Å². The lowest BCUT2D eigenvalue weighted by atomic mass is 10.1. The van der Waals surface area contributed by atoms with E-state index in [1.165, 1.54) is 19.2 Å². The van der Waals surface area contributed by atoms with Gasteiger partial charge in [-0.25, -0.2) is 0 Å². The number of hydrogen-bond acceptors (Lipinski definition) is 10. The van der Waals surface area contributed by atoms with Crippen molar-refractivity contribution < 1.29 is 14.4 Å². The van der Waals surface area contributed by atoms with E-state index in [1.54, 1.807) is 55.4 Å². The number of hydrogen-bond donors (Lipinski definition) is 1. The molecule has 0 saturated carbocycles. The number of anilines is 2. The predicted octanol–water partition coefficient (Wildman–Crippen LogP) is 3.08. The summed E-state index contributed by atoms with van der Waals surface area (Å²) in [4.78, 5) is 24.3. The molecule has 11 heteroatoms. The summed E-state index contributed by atoms with van der Waals surface area (Å²) in [7, 11) is 5.02. The zero-order valence-electron chi connectivity index (χ0n) is 18.2. The van der Waals surface area contributed by atoms with Crippen LogP contribution in [0.5, 0.6) is 11.5 Å². The van der Waals surface area contributed by atoms with Crippen molar-refractivity contribution in [2.75, 3.05) is 31.8 Å². The Morgan fingerprint density at radius 3 is 2.52 bits per heavy atom. The standard InChI is InChI=1S/C22H21N7O4/c1-28(2)22-26-20(25-21(24)27-22)16(12-23)10-15-6-9-18(19(11-15)32-3)33-13-14-4-7-17(8-5-14)29(30)31/h4-11H,13H2,1-3H3,(H2,24,25,26,27)/b16-10+. The van der Waals surface area contributed by atoms with Crippen molar-refractivity contribution >= 4 is 29.2 Å². The molecule has 0 aliphatic heterocycles. The number of nitrogens with zero attached hydrogens (tertiary/aromatic N) is 6. The quantitative estimate of drug-likeness (QED) is 0.309. The van der Waals surface area contributed by atoms with Crippen LogP contribution >= 0.6 is 0 Å². The lowest BCUT2D eigenvalue weighted by molar-refractivity contribution is -0.384. The van der Waals surface area contributed by atoms with Gasteiger partial charge in [0.05, 0.1) is 17.6 Å². The van der Waals surface area contributed by atoms with Gasteiger partial charge in [0.2, 0.25) is 11.9 Å². The van der Waals surface area contributed by atoms with Gasteiger partial charge in [-0.2, -0.15) is 20.2 Å². The van der Waals surface area contributed by atoms with Crippen molar-refractivity contribution in [2.24, 2.45) is 0 Å². The van der Waals surface area contributed by atoms with Crippen LogP contribution in [0.4, 0.5) is 17.6 Å². The zero-order chi connectivity index (χ0) is 24.0. The average Bonchev–Trinajstić information content (AvgIpc) is 2.81. The van der Waals surface area contributed by atoms with Gasteiger partial charge in [-0.3, -0.25) is 10.1 Å². The molecule has 33 heavy (non-hydrogen) atoms. The second-order valence-electron chi connectivity index (χ2n) is 7.00. The minimum atomic E-state index is -0.456. The van der Waals surface area contributed by atoms with E-state index in [-0.39, 0.29) is 29.6 Å². The van der Waals surface area contributed by atoms with Gasteiger partial charge in [-0.1, -0.05) is 6.07 Å². The third kappa shape index (κ3) is 5.71. The minimum absolute atomic E-state index is 0.0115. The summed E-state index contributed by atoms with van der Waals surface area (Å²) in [6.07, 6.45) is 1.61. The maximum atomic E-state index is 10.8. The van der Waals surface area contributed by atoms with E-state index in [0.717, 1.165) is 5.56 Å². The van der Waals surface area contributed by atoms with Crippen LogP contribution in [0.15, 0.2) is 42.5 Å². The SMILES string of the molecule is COc1cc(/C=C(\C#N)c2nc(N)nc(N(C)C)n2)ccc1OCc1ccc([N+](=O)[O-])cc1. The molecule has 2 N–H and O–H groups in total. The Morgan fingerprint density at radius 1 is 1.18 bits per heavy atom. The summed E-state index contributed by atoms with van der Waals surface area (Å²) in [6, 6.07) is 13.3. The molecule has 0 spiro atoms. The third-order valence-corrected chi connectivity index (χ3v) is 4.44. The average molecular weight is 447 g/mol. The van der Waals surface area contributed by atoms with E-state index in [2.05, 4.69) is 21.0 Å². The molecule has 0 saturated heterocycles. The smallest absolute Gasteiger partial charge is 0.269 e. The predicted molar refractivity (Wildman–Crippen MR) is 122 cm³/mol. The number of aromatic nitrogens is 3. The van der Waals surface area contributed by atoms with Crippen LogP contribution in [-0.2, 0) is 6.61 Å². The second kappa shape index (κ2) is 10.1. The Morgan fingerprint density at radius 2 is 1.91 bits per heavy atom. The van der Waals surface area contributed by atoms with Crippen LogP contribution < -0.4 is 20.1 Å². The van der Waals surface area contributed by atoms with Crippen molar-refractivity contribution in [2.45, 2.75) is 6.61 Å². The lowest BCUT2D eigenvalue weighted by Gasteiger charge is -2.12. The largest absolute Gasteiger partial charge is 0.493 e. The fourth-order valence-corrected chi connectivity index (χ4v) is 2.78. The highest BCUT2D eigenvalue weighted by atomic mass is 16.6. The van der Waals surface area contributed by atoms with E-state index in [9.17, 15) is 15.4 Å². The Bertz CT molecular complexity index is 1230. The van der Waals surface area contributed by atoms with E-state index in [4.69, 9.17) is 15.2 Å². The number of nitro groups is 1. The van der Waals surface area contributed by atoms with Crippen molar-refractivity contribution in [1.82, 2.24) is 15.0 Å². The maximum Gasteiger partial charge on any atom is 0.269 e. The van der Waals surface area contributed by atoms with Gasteiger partial charge in [0, 0.05) is 26.2 Å². The molecule has 0 aliphatic carbocycles. The second-order valence-corrected chi connectivity index (χ2v) is 7.00. The molecule has 0 bridgehead atoms. The van der Waals surface area contributed by atoms with Crippen LogP contribution in [0.3, 0.4) is 0 Å². The number of nitriles is 1. The van der Waals surface area contributed by atoms with Gasteiger partial charge in [-0.15, -0.1) is 0 Å². The number of allylic oxidation sites excluding steroid dienone is 1. The minimum Gasteiger partial charge on any atom is -0.493 e. The Labute approximate surface area is 189 Å². The molecule has 168 valence electrons. The molecule has 0 fully saturated rings. The van der Waals surface area contributed by atoms with Crippen LogP contribution in [0.2, 0.25) is 0 Å². The molecule has 3 aromatic rings. The number of nitrogens with two attached hydrogens (primary N) is 1. The lowest BCUT2D eigenvalue weighted by Crippen LogP contribution is -2.15. The molecule has 0 amide bonds. The van der Waals surface area contributed by atoms with Crippen LogP contribution in [0.1, 0.15) is 17.0 Å². The van der Waals surface area contributed by atoms with Crippen molar-refractivity contribution in [3.8, 4) is 17.6 Å². The first-order valence-corrected chi connectivity index (χ1v) is 9.66. The molecule has 0 atom stereocenters. The topological polar surface area (TPSA) is 153 Å². The number of rotatable bonds is 8. The highest BCUT2D eigenvalue weighted by molar-refractivity contribution is 5.87. The van der Waals surface area contributed by atoms with Gasteiger partial charge >= 0.3 is 0 Å². The first kappa shape index (κ1) is 23.0. The van der Waals surface area contributed by atoms with Gasteiger partial charge in [0.15, 0.2) is 17.3 Å². The molecular weight excluding hydrogens is 426 g/mol. The first-order chi connectivity index (χ1) is 15.8. The van der Waals surface area contributed by atoms with E-state index >= 15 is 0 Å². The van der Waals surface area contributed by atoms with Gasteiger partial charge in [0.1, 0.15) is 12.7 Å². The van der Waals surface area contributed by atoms with Gasteiger partial charge < -0.3 is 20.1 Å². The maximum absolute atomic E-state index is 10.8. The Balaban J connectivity index is 1.83. The molecule has 1 aromatic heterocycles. The summed E-state index contributed by atoms with van der Waals surface area (Å²) in [5, 5.41) is 20.4. The van der Waals surface area contributed by atoms with Gasteiger partial charge in [-0.05, 0) is 41.5 Å². The Kier molecular flexibility index (Phi) is 7.00. The van der Waals surface area contributed by atoms with Crippen LogP contribution in [0.25, 0.3) is 11.6 Å². The molecule has 3 rings (SSSR count). The fourth-order valence-electron chi connectivity index (χ4n) is 2.78. The van der Waals surface area contributed by atoms with Gasteiger partial charge in [0.25, 0.3) is 5.69 Å². The fraction of sp³-hybridized carbons (Fsp3) is 0.182. The summed E-state index contributed by atoms with van der Waals surface area (Å²) >= 11 is 0. The summed E-state index contributed by atoms with van der Waals surface area (Å²) < 4.78 is 11.2. The molecule has 2 aromatic carbocycles. The number of methoxy groups -OCH3 is 1. The molecule has 0 aliphatic rings. The number of nitro benzene ring substituents is 1. The van der Waals surface area contributed by atoms with Crippen molar-refractivity contribution in [1.29, 1.82) is 5.26 Å².